The number of sulfonamides is 1. The Labute approximate surface area is 120 Å². The summed E-state index contributed by atoms with van der Waals surface area (Å²) in [5.74, 6) is 0.982. The van der Waals surface area contributed by atoms with Crippen LogP contribution in [0.5, 0.6) is 0 Å². The molecule has 0 aromatic heterocycles. The normalized spacial score (nSPS) is 27.0. The Morgan fingerprint density at radius 2 is 1.63 bits per heavy atom. The summed E-state index contributed by atoms with van der Waals surface area (Å²) in [6.07, 6.45) is 0. The monoisotopic (exact) mass is 302 g/mol. The zero-order valence-electron chi connectivity index (χ0n) is 10.9. The van der Waals surface area contributed by atoms with E-state index in [0.29, 0.717) is 29.8 Å². The Morgan fingerprint density at radius 3 is 2.16 bits per heavy atom. The van der Waals surface area contributed by atoms with Crippen molar-refractivity contribution in [1.82, 2.24) is 9.62 Å². The first-order valence-corrected chi connectivity index (χ1v) is 7.79. The number of fused-ring (bicyclic) bond motifs is 1. The van der Waals surface area contributed by atoms with Gasteiger partial charge in [-0.25, -0.2) is 8.42 Å². The molecule has 3 rings (SSSR count). The Hall–Kier alpha value is -0.620. The highest BCUT2D eigenvalue weighted by atomic mass is 35.5. The van der Waals surface area contributed by atoms with Gasteiger partial charge in [0.25, 0.3) is 0 Å². The second-order valence-electron chi connectivity index (χ2n) is 5.31. The van der Waals surface area contributed by atoms with Gasteiger partial charge in [0, 0.05) is 13.1 Å². The van der Waals surface area contributed by atoms with Gasteiger partial charge < -0.3 is 5.32 Å². The van der Waals surface area contributed by atoms with Gasteiger partial charge in [0.1, 0.15) is 0 Å². The summed E-state index contributed by atoms with van der Waals surface area (Å²) >= 11 is 0. The maximum atomic E-state index is 12.5. The van der Waals surface area contributed by atoms with E-state index in [0.717, 1.165) is 18.7 Å². The van der Waals surface area contributed by atoms with Gasteiger partial charge in [0.15, 0.2) is 0 Å². The lowest BCUT2D eigenvalue weighted by atomic mass is 10.0. The number of nitrogens with one attached hydrogen (secondary N) is 1. The number of benzene rings is 1. The molecule has 2 heterocycles. The fraction of sp³-hybridized carbons (Fsp3) is 0.538. The average Bonchev–Trinajstić information content (AvgIpc) is 2.89. The van der Waals surface area contributed by atoms with Crippen molar-refractivity contribution < 1.29 is 8.42 Å². The van der Waals surface area contributed by atoms with Gasteiger partial charge >= 0.3 is 0 Å². The molecule has 2 aliphatic heterocycles. The molecule has 0 amide bonds. The van der Waals surface area contributed by atoms with Crippen molar-refractivity contribution in [3.05, 3.63) is 29.8 Å². The van der Waals surface area contributed by atoms with E-state index < -0.39 is 10.0 Å². The van der Waals surface area contributed by atoms with Gasteiger partial charge in [0.2, 0.25) is 10.0 Å². The molecule has 6 heteroatoms. The van der Waals surface area contributed by atoms with Gasteiger partial charge in [0.05, 0.1) is 4.90 Å². The Morgan fingerprint density at radius 1 is 1.11 bits per heavy atom. The van der Waals surface area contributed by atoms with Gasteiger partial charge in [-0.3, -0.25) is 0 Å². The zero-order valence-corrected chi connectivity index (χ0v) is 12.5. The molecule has 19 heavy (non-hydrogen) atoms. The fourth-order valence-electron chi connectivity index (χ4n) is 2.87. The first-order valence-electron chi connectivity index (χ1n) is 6.35. The van der Waals surface area contributed by atoms with Crippen molar-refractivity contribution in [2.24, 2.45) is 11.8 Å². The molecule has 0 saturated carbocycles. The van der Waals surface area contributed by atoms with Crippen molar-refractivity contribution in [1.29, 1.82) is 0 Å². The maximum Gasteiger partial charge on any atom is 0.243 e. The van der Waals surface area contributed by atoms with Gasteiger partial charge in [-0.1, -0.05) is 17.7 Å². The first-order chi connectivity index (χ1) is 8.57. The van der Waals surface area contributed by atoms with E-state index in [2.05, 4.69) is 5.32 Å². The quantitative estimate of drug-likeness (QED) is 0.895. The van der Waals surface area contributed by atoms with Crippen LogP contribution in [0.15, 0.2) is 29.2 Å². The van der Waals surface area contributed by atoms with Crippen LogP contribution in [0.25, 0.3) is 0 Å². The molecule has 0 bridgehead atoms. The molecule has 0 spiro atoms. The fourth-order valence-corrected chi connectivity index (χ4v) is 4.42. The molecule has 2 atom stereocenters. The van der Waals surface area contributed by atoms with Crippen LogP contribution < -0.4 is 5.32 Å². The summed E-state index contributed by atoms with van der Waals surface area (Å²) in [6, 6.07) is 7.12. The molecule has 106 valence electrons. The third-order valence-electron chi connectivity index (χ3n) is 4.01. The molecule has 0 aliphatic carbocycles. The number of hydrogen-bond donors (Lipinski definition) is 1. The molecular formula is C13H19ClN2O2S. The molecule has 1 N–H and O–H groups in total. The van der Waals surface area contributed by atoms with Crippen molar-refractivity contribution in [2.75, 3.05) is 26.2 Å². The molecule has 2 saturated heterocycles. The van der Waals surface area contributed by atoms with E-state index in [9.17, 15) is 8.42 Å². The summed E-state index contributed by atoms with van der Waals surface area (Å²) < 4.78 is 26.6. The minimum absolute atomic E-state index is 0. The average molecular weight is 303 g/mol. The lowest BCUT2D eigenvalue weighted by Gasteiger charge is -2.17. The van der Waals surface area contributed by atoms with Crippen LogP contribution in [0.3, 0.4) is 0 Å². The minimum atomic E-state index is -3.29. The maximum absolute atomic E-state index is 12.5. The molecule has 2 fully saturated rings. The molecule has 0 unspecified atom stereocenters. The highest BCUT2D eigenvalue weighted by molar-refractivity contribution is 7.89. The van der Waals surface area contributed by atoms with Gasteiger partial charge in [-0.05, 0) is 44.0 Å². The van der Waals surface area contributed by atoms with E-state index in [1.165, 1.54) is 0 Å². The van der Waals surface area contributed by atoms with Crippen LogP contribution >= 0.6 is 12.4 Å². The Kier molecular flexibility index (Phi) is 4.20. The summed E-state index contributed by atoms with van der Waals surface area (Å²) in [7, 11) is -3.29. The van der Waals surface area contributed by atoms with Crippen LogP contribution in [0.1, 0.15) is 5.56 Å². The van der Waals surface area contributed by atoms with Crippen LogP contribution in [0.2, 0.25) is 0 Å². The molecule has 1 aromatic rings. The molecule has 1 aromatic carbocycles. The zero-order chi connectivity index (χ0) is 12.8. The molecular weight excluding hydrogens is 284 g/mol. The van der Waals surface area contributed by atoms with E-state index in [1.807, 2.05) is 19.1 Å². The first kappa shape index (κ1) is 14.8. The van der Waals surface area contributed by atoms with E-state index >= 15 is 0 Å². The van der Waals surface area contributed by atoms with Crippen molar-refractivity contribution >= 4 is 22.4 Å². The number of nitrogens with zero attached hydrogens (tertiary/aromatic N) is 1. The number of rotatable bonds is 2. The Bertz CT molecular complexity index is 532. The summed E-state index contributed by atoms with van der Waals surface area (Å²) in [5, 5.41) is 3.32. The van der Waals surface area contributed by atoms with Gasteiger partial charge in [-0.2, -0.15) is 4.31 Å². The standard InChI is InChI=1S/C13H18N2O2S.ClH/c1-10-2-4-13(5-3-10)18(16,17)15-8-11-6-14-7-12(11)9-15;/h2-5,11-12,14H,6-9H2,1H3;1H/t11-,12+;. The van der Waals surface area contributed by atoms with Gasteiger partial charge in [-0.15, -0.1) is 12.4 Å². The predicted octanol–water partition coefficient (Wildman–Crippen LogP) is 1.26. The summed E-state index contributed by atoms with van der Waals surface area (Å²) in [5.41, 5.74) is 1.08. The molecule has 2 aliphatic rings. The van der Waals surface area contributed by atoms with E-state index in [1.54, 1.807) is 16.4 Å². The Balaban J connectivity index is 0.00000133. The largest absolute Gasteiger partial charge is 0.316 e. The number of hydrogen-bond acceptors (Lipinski definition) is 3. The second kappa shape index (κ2) is 5.40. The van der Waals surface area contributed by atoms with Crippen molar-refractivity contribution in [2.45, 2.75) is 11.8 Å². The lowest BCUT2D eigenvalue weighted by molar-refractivity contribution is 0.448. The summed E-state index contributed by atoms with van der Waals surface area (Å²) in [4.78, 5) is 0.418. The molecule has 4 nitrogen and oxygen atoms in total. The second-order valence-corrected chi connectivity index (χ2v) is 7.25. The predicted molar refractivity (Wildman–Crippen MR) is 77.0 cm³/mol. The highest BCUT2D eigenvalue weighted by Gasteiger charge is 2.41. The van der Waals surface area contributed by atoms with Crippen LogP contribution in [-0.2, 0) is 10.0 Å². The smallest absolute Gasteiger partial charge is 0.243 e. The third kappa shape index (κ3) is 2.65. The summed E-state index contributed by atoms with van der Waals surface area (Å²) in [6.45, 7) is 5.18. The van der Waals surface area contributed by atoms with E-state index in [4.69, 9.17) is 0 Å². The highest BCUT2D eigenvalue weighted by Crippen LogP contribution is 2.30. The van der Waals surface area contributed by atoms with E-state index in [-0.39, 0.29) is 12.4 Å². The minimum Gasteiger partial charge on any atom is -0.316 e. The van der Waals surface area contributed by atoms with Crippen LogP contribution in [-0.4, -0.2) is 38.9 Å². The topological polar surface area (TPSA) is 49.4 Å². The van der Waals surface area contributed by atoms with Crippen LogP contribution in [0.4, 0.5) is 0 Å². The lowest BCUT2D eigenvalue weighted by Crippen LogP contribution is -2.31. The van der Waals surface area contributed by atoms with Crippen molar-refractivity contribution in [3.63, 3.8) is 0 Å². The SMILES string of the molecule is Cc1ccc(S(=O)(=O)N2C[C@H]3CNC[C@H]3C2)cc1.Cl. The number of halogens is 1. The molecule has 0 radical (unpaired) electrons. The number of aryl methyl sites for hydroxylation is 1. The van der Waals surface area contributed by atoms with Crippen molar-refractivity contribution in [3.8, 4) is 0 Å². The van der Waals surface area contributed by atoms with Crippen LogP contribution in [0, 0.1) is 18.8 Å². The third-order valence-corrected chi connectivity index (χ3v) is 5.86.